The van der Waals surface area contributed by atoms with Crippen molar-refractivity contribution < 1.29 is 9.66 Å². The fourth-order valence-electron chi connectivity index (χ4n) is 1.98. The van der Waals surface area contributed by atoms with Crippen LogP contribution in [0.2, 0.25) is 0 Å². The van der Waals surface area contributed by atoms with Gasteiger partial charge in [-0.3, -0.25) is 10.1 Å². The number of ether oxygens (including phenoxy) is 1. The van der Waals surface area contributed by atoms with Crippen molar-refractivity contribution in [3.63, 3.8) is 0 Å². The number of benzene rings is 2. The number of nitrogens with zero attached hydrogens (tertiary/aromatic N) is 2. The predicted molar refractivity (Wildman–Crippen MR) is 90.9 cm³/mol. The molecule has 0 saturated carbocycles. The first kappa shape index (κ1) is 15.6. The number of hydrogen-bond donors (Lipinski definition) is 0. The minimum Gasteiger partial charge on any atom is -0.497 e. The van der Waals surface area contributed by atoms with Gasteiger partial charge in [0.1, 0.15) is 5.75 Å². The van der Waals surface area contributed by atoms with Crippen molar-refractivity contribution in [3.05, 3.63) is 61.7 Å². The summed E-state index contributed by atoms with van der Waals surface area (Å²) in [5.41, 5.74) is 2.23. The van der Waals surface area contributed by atoms with Crippen LogP contribution in [0.1, 0.15) is 5.56 Å². The predicted octanol–water partition coefficient (Wildman–Crippen LogP) is 3.84. The Morgan fingerprint density at radius 1 is 1.24 bits per heavy atom. The molecular weight excluding hydrogens is 383 g/mol. The van der Waals surface area contributed by atoms with E-state index < -0.39 is 0 Å². The number of halogens is 1. The van der Waals surface area contributed by atoms with E-state index in [0.717, 1.165) is 23.5 Å². The molecule has 0 atom stereocenters. The summed E-state index contributed by atoms with van der Waals surface area (Å²) in [6.45, 7) is 0.720. The van der Waals surface area contributed by atoms with Gasteiger partial charge in [-0.25, -0.2) is 0 Å². The van der Waals surface area contributed by atoms with Crippen LogP contribution in [0.4, 0.5) is 11.4 Å². The number of anilines is 1. The van der Waals surface area contributed by atoms with E-state index in [1.807, 2.05) is 64.9 Å². The van der Waals surface area contributed by atoms with Crippen molar-refractivity contribution in [3.8, 4) is 5.75 Å². The topological polar surface area (TPSA) is 55.6 Å². The third-order valence-corrected chi connectivity index (χ3v) is 4.01. The van der Waals surface area contributed by atoms with Gasteiger partial charge in [-0.05, 0) is 52.4 Å². The standard InChI is InChI=1S/C15H15IN2O3/c1-17(10-11-3-6-13(21-2)7-4-11)12-5-8-15(18(19)20)14(16)9-12/h3-9H,10H2,1-2H3. The zero-order chi connectivity index (χ0) is 15.4. The molecule has 0 N–H and O–H groups in total. The minimum atomic E-state index is -0.366. The molecule has 0 aliphatic rings. The van der Waals surface area contributed by atoms with Crippen LogP contribution in [-0.4, -0.2) is 19.1 Å². The molecule has 2 aromatic carbocycles. The highest BCUT2D eigenvalue weighted by molar-refractivity contribution is 14.1. The Morgan fingerprint density at radius 3 is 2.43 bits per heavy atom. The highest BCUT2D eigenvalue weighted by Gasteiger charge is 2.13. The van der Waals surface area contributed by atoms with Crippen LogP contribution >= 0.6 is 22.6 Å². The molecule has 0 aromatic heterocycles. The third kappa shape index (κ3) is 3.84. The van der Waals surface area contributed by atoms with Gasteiger partial charge in [0.25, 0.3) is 5.69 Å². The zero-order valence-corrected chi connectivity index (χ0v) is 13.9. The second-order valence-electron chi connectivity index (χ2n) is 4.60. The van der Waals surface area contributed by atoms with Crippen LogP contribution in [0.5, 0.6) is 5.75 Å². The second kappa shape index (κ2) is 6.75. The highest BCUT2D eigenvalue weighted by Crippen LogP contribution is 2.26. The minimum absolute atomic E-state index is 0.136. The highest BCUT2D eigenvalue weighted by atomic mass is 127. The van der Waals surface area contributed by atoms with Crippen LogP contribution < -0.4 is 9.64 Å². The van der Waals surface area contributed by atoms with Crippen molar-refractivity contribution in [2.24, 2.45) is 0 Å². The number of methoxy groups -OCH3 is 1. The molecule has 0 heterocycles. The Hall–Kier alpha value is -1.83. The van der Waals surface area contributed by atoms with E-state index in [-0.39, 0.29) is 10.6 Å². The fraction of sp³-hybridized carbons (Fsp3) is 0.200. The largest absolute Gasteiger partial charge is 0.497 e. The summed E-state index contributed by atoms with van der Waals surface area (Å²) in [4.78, 5) is 12.5. The number of nitro benzene ring substituents is 1. The molecule has 0 unspecified atom stereocenters. The summed E-state index contributed by atoms with van der Waals surface area (Å²) in [7, 11) is 3.60. The Kier molecular flexibility index (Phi) is 5.00. The van der Waals surface area contributed by atoms with Gasteiger partial charge in [0.15, 0.2) is 0 Å². The number of rotatable bonds is 5. The molecule has 0 radical (unpaired) electrons. The van der Waals surface area contributed by atoms with Gasteiger partial charge in [-0.1, -0.05) is 12.1 Å². The first-order valence-electron chi connectivity index (χ1n) is 6.29. The Labute approximate surface area is 136 Å². The molecule has 0 aliphatic carbocycles. The summed E-state index contributed by atoms with van der Waals surface area (Å²) in [6.07, 6.45) is 0. The molecule has 5 nitrogen and oxygen atoms in total. The number of nitro groups is 1. The zero-order valence-electron chi connectivity index (χ0n) is 11.7. The maximum atomic E-state index is 10.8. The average Bonchev–Trinajstić information content (AvgIpc) is 2.47. The van der Waals surface area contributed by atoms with Crippen molar-refractivity contribution in [2.45, 2.75) is 6.54 Å². The molecule has 2 aromatic rings. The second-order valence-corrected chi connectivity index (χ2v) is 5.76. The van der Waals surface area contributed by atoms with Crippen LogP contribution in [0.25, 0.3) is 0 Å². The monoisotopic (exact) mass is 398 g/mol. The van der Waals surface area contributed by atoms with Crippen molar-refractivity contribution in [1.29, 1.82) is 0 Å². The first-order chi connectivity index (χ1) is 10.0. The first-order valence-corrected chi connectivity index (χ1v) is 7.37. The number of hydrogen-bond acceptors (Lipinski definition) is 4. The van der Waals surface area contributed by atoms with Crippen molar-refractivity contribution in [1.82, 2.24) is 0 Å². The molecule has 21 heavy (non-hydrogen) atoms. The summed E-state index contributed by atoms with van der Waals surface area (Å²) in [5.74, 6) is 0.825. The molecule has 0 bridgehead atoms. The van der Waals surface area contributed by atoms with Gasteiger partial charge in [0.05, 0.1) is 15.6 Å². The van der Waals surface area contributed by atoms with Crippen LogP contribution in [0.3, 0.4) is 0 Å². The SMILES string of the molecule is COc1ccc(CN(C)c2ccc([N+](=O)[O-])c(I)c2)cc1. The molecule has 0 amide bonds. The van der Waals surface area contributed by atoms with Gasteiger partial charge in [0, 0.05) is 25.3 Å². The molecule has 0 fully saturated rings. The molecule has 0 saturated heterocycles. The van der Waals surface area contributed by atoms with Crippen LogP contribution in [-0.2, 0) is 6.54 Å². The van der Waals surface area contributed by atoms with Crippen LogP contribution in [0, 0.1) is 13.7 Å². The molecule has 110 valence electrons. The Bertz CT molecular complexity index is 644. The summed E-state index contributed by atoms with van der Waals surface area (Å²) < 4.78 is 5.77. The van der Waals surface area contributed by atoms with Gasteiger partial charge >= 0.3 is 0 Å². The van der Waals surface area contributed by atoms with E-state index in [4.69, 9.17) is 4.74 Å². The quantitative estimate of drug-likeness (QED) is 0.436. The van der Waals surface area contributed by atoms with Crippen molar-refractivity contribution in [2.75, 3.05) is 19.1 Å². The molecule has 0 spiro atoms. The molecule has 0 aliphatic heterocycles. The van der Waals surface area contributed by atoms with Gasteiger partial charge in [0.2, 0.25) is 0 Å². The van der Waals surface area contributed by atoms with E-state index in [9.17, 15) is 10.1 Å². The Balaban J connectivity index is 2.14. The van der Waals surface area contributed by atoms with Gasteiger partial charge < -0.3 is 9.64 Å². The van der Waals surface area contributed by atoms with E-state index >= 15 is 0 Å². The maximum absolute atomic E-state index is 10.8. The van der Waals surface area contributed by atoms with E-state index in [1.165, 1.54) is 0 Å². The van der Waals surface area contributed by atoms with Crippen molar-refractivity contribution >= 4 is 34.0 Å². The van der Waals surface area contributed by atoms with E-state index in [2.05, 4.69) is 0 Å². The lowest BCUT2D eigenvalue weighted by atomic mass is 10.2. The molecular formula is C15H15IN2O3. The molecule has 6 heteroatoms. The third-order valence-electron chi connectivity index (χ3n) is 3.15. The smallest absolute Gasteiger partial charge is 0.282 e. The summed E-state index contributed by atoms with van der Waals surface area (Å²) in [6, 6.07) is 13.0. The average molecular weight is 398 g/mol. The van der Waals surface area contributed by atoms with Gasteiger partial charge in [-0.15, -0.1) is 0 Å². The lowest BCUT2D eigenvalue weighted by Gasteiger charge is -2.19. The maximum Gasteiger partial charge on any atom is 0.282 e. The molecule has 2 rings (SSSR count). The normalized spacial score (nSPS) is 10.2. The lowest BCUT2D eigenvalue weighted by Crippen LogP contribution is -2.16. The summed E-state index contributed by atoms with van der Waals surface area (Å²) >= 11 is 1.99. The fourth-order valence-corrected chi connectivity index (χ4v) is 2.67. The van der Waals surface area contributed by atoms with Crippen LogP contribution in [0.15, 0.2) is 42.5 Å². The lowest BCUT2D eigenvalue weighted by molar-refractivity contribution is -0.385. The van der Waals surface area contributed by atoms with E-state index in [1.54, 1.807) is 19.2 Å². The van der Waals surface area contributed by atoms with E-state index in [0.29, 0.717) is 3.57 Å². The Morgan fingerprint density at radius 2 is 1.90 bits per heavy atom. The summed E-state index contributed by atoms with van der Waals surface area (Å²) in [5, 5.41) is 10.8. The van der Waals surface area contributed by atoms with Gasteiger partial charge in [-0.2, -0.15) is 0 Å².